The summed E-state index contributed by atoms with van der Waals surface area (Å²) in [4.78, 5) is 4.28. The summed E-state index contributed by atoms with van der Waals surface area (Å²) in [6, 6.07) is 12.9. The molecular weight excluding hydrogens is 208 g/mol. The summed E-state index contributed by atoms with van der Waals surface area (Å²) in [7, 11) is 0. The minimum absolute atomic E-state index is 0.290. The molecule has 2 heteroatoms. The van der Waals surface area contributed by atoms with Crippen molar-refractivity contribution < 1.29 is 0 Å². The third-order valence-corrected chi connectivity index (χ3v) is 2.96. The molecule has 0 spiro atoms. The molecular formula is C15H18N2. The second kappa shape index (κ2) is 5.00. The quantitative estimate of drug-likeness (QED) is 0.859. The monoisotopic (exact) mass is 226 g/mol. The van der Waals surface area contributed by atoms with Crippen LogP contribution in [0.1, 0.15) is 29.8 Å². The number of nitrogens with one attached hydrogen (secondary N) is 1. The Morgan fingerprint density at radius 1 is 1.06 bits per heavy atom. The SMILES string of the molecule is Cc1ccc(C(C)Nc2cccnc2C)cc1. The topological polar surface area (TPSA) is 24.9 Å². The van der Waals surface area contributed by atoms with Crippen molar-refractivity contribution in [3.63, 3.8) is 0 Å². The maximum atomic E-state index is 4.28. The van der Waals surface area contributed by atoms with Crippen LogP contribution in [0.2, 0.25) is 0 Å². The van der Waals surface area contributed by atoms with E-state index in [0.29, 0.717) is 6.04 Å². The fraction of sp³-hybridized carbons (Fsp3) is 0.267. The van der Waals surface area contributed by atoms with Gasteiger partial charge in [0.25, 0.3) is 0 Å². The van der Waals surface area contributed by atoms with Gasteiger partial charge < -0.3 is 5.32 Å². The van der Waals surface area contributed by atoms with Crippen LogP contribution in [-0.2, 0) is 0 Å². The highest BCUT2D eigenvalue weighted by molar-refractivity contribution is 5.48. The average molecular weight is 226 g/mol. The second-order valence-electron chi connectivity index (χ2n) is 4.41. The van der Waals surface area contributed by atoms with Gasteiger partial charge in [0.15, 0.2) is 0 Å². The maximum Gasteiger partial charge on any atom is 0.0603 e. The predicted molar refractivity (Wildman–Crippen MR) is 72.2 cm³/mol. The molecule has 1 aromatic carbocycles. The molecule has 0 radical (unpaired) electrons. The Morgan fingerprint density at radius 2 is 1.76 bits per heavy atom. The summed E-state index contributed by atoms with van der Waals surface area (Å²) < 4.78 is 0. The molecule has 2 rings (SSSR count). The lowest BCUT2D eigenvalue weighted by Gasteiger charge is -2.17. The summed E-state index contributed by atoms with van der Waals surface area (Å²) in [6.07, 6.45) is 1.82. The van der Waals surface area contributed by atoms with Crippen LogP contribution in [0, 0.1) is 13.8 Å². The standard InChI is InChI=1S/C15H18N2/c1-11-6-8-14(9-7-11)12(2)17-15-5-4-10-16-13(15)3/h4-10,12,17H,1-3H3. The maximum absolute atomic E-state index is 4.28. The second-order valence-corrected chi connectivity index (χ2v) is 4.41. The number of anilines is 1. The summed E-state index contributed by atoms with van der Waals surface area (Å²) in [6.45, 7) is 6.29. The first kappa shape index (κ1) is 11.6. The van der Waals surface area contributed by atoms with Gasteiger partial charge in [0.05, 0.1) is 11.4 Å². The molecule has 0 bridgehead atoms. The third kappa shape index (κ3) is 2.84. The molecule has 0 aliphatic rings. The first-order chi connectivity index (χ1) is 8.16. The third-order valence-electron chi connectivity index (χ3n) is 2.96. The minimum Gasteiger partial charge on any atom is -0.377 e. The van der Waals surface area contributed by atoms with Gasteiger partial charge in [-0.2, -0.15) is 0 Å². The Bertz CT molecular complexity index is 489. The molecule has 0 saturated carbocycles. The number of hydrogen-bond acceptors (Lipinski definition) is 2. The summed E-state index contributed by atoms with van der Waals surface area (Å²) >= 11 is 0. The highest BCUT2D eigenvalue weighted by Gasteiger charge is 2.06. The molecule has 2 nitrogen and oxygen atoms in total. The van der Waals surface area contributed by atoms with Crippen LogP contribution in [0.25, 0.3) is 0 Å². The summed E-state index contributed by atoms with van der Waals surface area (Å²) in [5, 5.41) is 3.48. The van der Waals surface area contributed by atoms with Crippen LogP contribution in [0.15, 0.2) is 42.6 Å². The highest BCUT2D eigenvalue weighted by Crippen LogP contribution is 2.20. The predicted octanol–water partition coefficient (Wildman–Crippen LogP) is 3.87. The van der Waals surface area contributed by atoms with Crippen LogP contribution in [0.5, 0.6) is 0 Å². The van der Waals surface area contributed by atoms with Gasteiger partial charge in [0.2, 0.25) is 0 Å². The van der Waals surface area contributed by atoms with Crippen molar-refractivity contribution in [2.75, 3.05) is 5.32 Å². The van der Waals surface area contributed by atoms with E-state index in [1.54, 1.807) is 0 Å². The van der Waals surface area contributed by atoms with E-state index in [4.69, 9.17) is 0 Å². The van der Waals surface area contributed by atoms with E-state index in [1.165, 1.54) is 11.1 Å². The number of benzene rings is 1. The molecule has 1 aromatic heterocycles. The Morgan fingerprint density at radius 3 is 2.41 bits per heavy atom. The van der Waals surface area contributed by atoms with Gasteiger partial charge >= 0.3 is 0 Å². The Balaban J connectivity index is 2.14. The molecule has 0 aliphatic carbocycles. The molecule has 1 N–H and O–H groups in total. The van der Waals surface area contributed by atoms with Crippen molar-refractivity contribution in [1.29, 1.82) is 0 Å². The van der Waals surface area contributed by atoms with Crippen LogP contribution >= 0.6 is 0 Å². The average Bonchev–Trinajstić information content (AvgIpc) is 2.33. The highest BCUT2D eigenvalue weighted by atomic mass is 14.9. The molecule has 0 fully saturated rings. The molecule has 0 amide bonds. The van der Waals surface area contributed by atoms with Crippen molar-refractivity contribution in [3.8, 4) is 0 Å². The Hall–Kier alpha value is -1.83. The van der Waals surface area contributed by atoms with Gasteiger partial charge in [0, 0.05) is 12.2 Å². The number of pyridine rings is 1. The lowest BCUT2D eigenvalue weighted by molar-refractivity contribution is 0.878. The Kier molecular flexibility index (Phi) is 3.43. The largest absolute Gasteiger partial charge is 0.377 e. The zero-order chi connectivity index (χ0) is 12.3. The van der Waals surface area contributed by atoms with Gasteiger partial charge in [-0.3, -0.25) is 4.98 Å². The molecule has 88 valence electrons. The van der Waals surface area contributed by atoms with Crippen molar-refractivity contribution in [2.24, 2.45) is 0 Å². The number of aryl methyl sites for hydroxylation is 2. The van der Waals surface area contributed by atoms with Gasteiger partial charge in [-0.1, -0.05) is 29.8 Å². The fourth-order valence-electron chi connectivity index (χ4n) is 1.81. The van der Waals surface area contributed by atoms with Crippen LogP contribution in [0.3, 0.4) is 0 Å². The molecule has 17 heavy (non-hydrogen) atoms. The smallest absolute Gasteiger partial charge is 0.0603 e. The normalized spacial score (nSPS) is 12.2. The van der Waals surface area contributed by atoms with E-state index in [-0.39, 0.29) is 0 Å². The number of nitrogens with zero attached hydrogens (tertiary/aromatic N) is 1. The van der Waals surface area contributed by atoms with Crippen molar-refractivity contribution in [3.05, 3.63) is 59.4 Å². The van der Waals surface area contributed by atoms with Crippen LogP contribution in [-0.4, -0.2) is 4.98 Å². The molecule has 0 aliphatic heterocycles. The van der Waals surface area contributed by atoms with Crippen molar-refractivity contribution >= 4 is 5.69 Å². The van der Waals surface area contributed by atoms with E-state index in [9.17, 15) is 0 Å². The van der Waals surface area contributed by atoms with Crippen molar-refractivity contribution in [1.82, 2.24) is 4.98 Å². The summed E-state index contributed by atoms with van der Waals surface area (Å²) in [5.41, 5.74) is 4.71. The van der Waals surface area contributed by atoms with E-state index in [1.807, 2.05) is 19.2 Å². The first-order valence-corrected chi connectivity index (χ1v) is 5.91. The zero-order valence-electron chi connectivity index (χ0n) is 10.6. The van der Waals surface area contributed by atoms with Gasteiger partial charge in [0.1, 0.15) is 0 Å². The van der Waals surface area contributed by atoms with Gasteiger partial charge in [-0.05, 0) is 38.5 Å². The van der Waals surface area contributed by atoms with E-state index in [0.717, 1.165) is 11.4 Å². The Labute approximate surface area is 103 Å². The number of hydrogen-bond donors (Lipinski definition) is 1. The first-order valence-electron chi connectivity index (χ1n) is 5.91. The molecule has 2 aromatic rings. The molecule has 0 saturated heterocycles. The van der Waals surface area contributed by atoms with E-state index >= 15 is 0 Å². The van der Waals surface area contributed by atoms with Gasteiger partial charge in [-0.25, -0.2) is 0 Å². The van der Waals surface area contributed by atoms with Crippen LogP contribution in [0.4, 0.5) is 5.69 Å². The lowest BCUT2D eigenvalue weighted by atomic mass is 10.1. The van der Waals surface area contributed by atoms with Gasteiger partial charge in [-0.15, -0.1) is 0 Å². The molecule has 1 heterocycles. The zero-order valence-corrected chi connectivity index (χ0v) is 10.6. The minimum atomic E-state index is 0.290. The number of rotatable bonds is 3. The van der Waals surface area contributed by atoms with Crippen molar-refractivity contribution in [2.45, 2.75) is 26.8 Å². The number of aromatic nitrogens is 1. The van der Waals surface area contributed by atoms with E-state index in [2.05, 4.69) is 54.5 Å². The molecule has 1 atom stereocenters. The fourth-order valence-corrected chi connectivity index (χ4v) is 1.81. The molecule has 1 unspecified atom stereocenters. The van der Waals surface area contributed by atoms with E-state index < -0.39 is 0 Å². The lowest BCUT2D eigenvalue weighted by Crippen LogP contribution is -2.08. The summed E-state index contributed by atoms with van der Waals surface area (Å²) in [5.74, 6) is 0. The van der Waals surface area contributed by atoms with Crippen LogP contribution < -0.4 is 5.32 Å².